The molecule has 0 saturated heterocycles. The molecule has 2 N–H and O–H groups in total. The molecular formula is C13H19IN4S. The molecule has 0 atom stereocenters. The Morgan fingerprint density at radius 2 is 2.11 bits per heavy atom. The van der Waals surface area contributed by atoms with E-state index in [1.807, 2.05) is 12.1 Å². The fourth-order valence-corrected chi connectivity index (χ4v) is 2.29. The van der Waals surface area contributed by atoms with E-state index in [1.165, 1.54) is 5.56 Å². The van der Waals surface area contributed by atoms with E-state index in [4.69, 9.17) is 0 Å². The smallest absolute Gasteiger partial charge is 0.191 e. The van der Waals surface area contributed by atoms with Crippen molar-refractivity contribution in [2.24, 2.45) is 4.99 Å². The lowest BCUT2D eigenvalue weighted by Gasteiger charge is -2.11. The Balaban J connectivity index is 0.00000180. The van der Waals surface area contributed by atoms with Gasteiger partial charge in [0.2, 0.25) is 0 Å². The van der Waals surface area contributed by atoms with E-state index in [-0.39, 0.29) is 24.0 Å². The van der Waals surface area contributed by atoms with Gasteiger partial charge < -0.3 is 15.2 Å². The first-order chi connectivity index (χ1) is 8.88. The molecule has 2 aromatic heterocycles. The third-order valence-electron chi connectivity index (χ3n) is 2.59. The summed E-state index contributed by atoms with van der Waals surface area (Å²) in [5.41, 5.74) is 1.29. The van der Waals surface area contributed by atoms with Crippen molar-refractivity contribution < 1.29 is 0 Å². The van der Waals surface area contributed by atoms with Crippen molar-refractivity contribution in [3.8, 4) is 0 Å². The first kappa shape index (κ1) is 16.0. The highest BCUT2D eigenvalue weighted by Gasteiger charge is 1.98. The van der Waals surface area contributed by atoms with Crippen molar-refractivity contribution in [3.63, 3.8) is 0 Å². The molecule has 4 nitrogen and oxygen atoms in total. The number of hydrogen-bond donors (Lipinski definition) is 2. The number of hydrogen-bond acceptors (Lipinski definition) is 2. The van der Waals surface area contributed by atoms with Gasteiger partial charge in [0.15, 0.2) is 5.96 Å². The minimum Gasteiger partial charge on any atom is -0.355 e. The Kier molecular flexibility index (Phi) is 7.57. The van der Waals surface area contributed by atoms with Crippen LogP contribution in [0.4, 0.5) is 0 Å². The fraction of sp³-hybridized carbons (Fsp3) is 0.308. The summed E-state index contributed by atoms with van der Waals surface area (Å²) < 4.78 is 2.14. The predicted octanol–water partition coefficient (Wildman–Crippen LogP) is 2.53. The molecule has 0 aliphatic heterocycles. The number of nitrogens with zero attached hydrogens (tertiary/aromatic N) is 2. The van der Waals surface area contributed by atoms with Gasteiger partial charge in [0, 0.05) is 39.1 Å². The number of aliphatic imine (C=N–C) groups is 1. The lowest BCUT2D eigenvalue weighted by molar-refractivity contribution is 0.665. The predicted molar refractivity (Wildman–Crippen MR) is 92.4 cm³/mol. The topological polar surface area (TPSA) is 41.4 Å². The standard InChI is InChI=1S/C13H18N4S.HI/c1-14-13(16-10-12-4-9-18-11-12)15-5-8-17-6-2-3-7-17;/h2-4,6-7,9,11H,5,8,10H2,1H3,(H2,14,15,16);1H. The molecule has 0 saturated carbocycles. The van der Waals surface area contributed by atoms with Gasteiger partial charge in [0.1, 0.15) is 0 Å². The second-order valence-corrected chi connectivity index (χ2v) is 4.69. The summed E-state index contributed by atoms with van der Waals surface area (Å²) in [6, 6.07) is 6.18. The van der Waals surface area contributed by atoms with Crippen LogP contribution in [0.3, 0.4) is 0 Å². The van der Waals surface area contributed by atoms with Crippen molar-refractivity contribution in [1.82, 2.24) is 15.2 Å². The first-order valence-corrected chi connectivity index (χ1v) is 6.89. The van der Waals surface area contributed by atoms with Crippen LogP contribution in [0.5, 0.6) is 0 Å². The molecular weight excluding hydrogens is 371 g/mol. The van der Waals surface area contributed by atoms with Crippen LogP contribution >= 0.6 is 35.3 Å². The number of nitrogens with one attached hydrogen (secondary N) is 2. The molecule has 0 aliphatic carbocycles. The molecule has 19 heavy (non-hydrogen) atoms. The van der Waals surface area contributed by atoms with Crippen molar-refractivity contribution in [2.45, 2.75) is 13.1 Å². The van der Waals surface area contributed by atoms with Crippen molar-refractivity contribution in [2.75, 3.05) is 13.6 Å². The molecule has 0 bridgehead atoms. The lowest BCUT2D eigenvalue weighted by Crippen LogP contribution is -2.38. The maximum atomic E-state index is 4.19. The quantitative estimate of drug-likeness (QED) is 0.468. The average Bonchev–Trinajstić information content (AvgIpc) is 3.06. The summed E-state index contributed by atoms with van der Waals surface area (Å²) in [6.07, 6.45) is 4.12. The fourth-order valence-electron chi connectivity index (χ4n) is 1.62. The largest absolute Gasteiger partial charge is 0.355 e. The normalized spacial score (nSPS) is 10.9. The number of thiophene rings is 1. The van der Waals surface area contributed by atoms with Gasteiger partial charge in [-0.1, -0.05) is 0 Å². The van der Waals surface area contributed by atoms with Crippen molar-refractivity contribution >= 4 is 41.3 Å². The maximum absolute atomic E-state index is 4.19. The molecule has 6 heteroatoms. The zero-order chi connectivity index (χ0) is 12.6. The summed E-state index contributed by atoms with van der Waals surface area (Å²) >= 11 is 1.71. The minimum absolute atomic E-state index is 0. The SMILES string of the molecule is CN=C(NCCn1cccc1)NCc1ccsc1.I. The lowest BCUT2D eigenvalue weighted by atomic mass is 10.3. The molecule has 0 unspecified atom stereocenters. The van der Waals surface area contributed by atoms with Gasteiger partial charge in [-0.2, -0.15) is 11.3 Å². The van der Waals surface area contributed by atoms with E-state index in [1.54, 1.807) is 18.4 Å². The monoisotopic (exact) mass is 390 g/mol. The Hall–Kier alpha value is -1.02. The third kappa shape index (κ3) is 5.65. The molecule has 2 aromatic rings. The van der Waals surface area contributed by atoms with Crippen LogP contribution < -0.4 is 10.6 Å². The second-order valence-electron chi connectivity index (χ2n) is 3.91. The molecule has 0 fully saturated rings. The zero-order valence-corrected chi connectivity index (χ0v) is 14.0. The van der Waals surface area contributed by atoms with Gasteiger partial charge in [0.05, 0.1) is 0 Å². The van der Waals surface area contributed by atoms with E-state index in [0.29, 0.717) is 0 Å². The molecule has 0 aromatic carbocycles. The molecule has 0 radical (unpaired) electrons. The highest BCUT2D eigenvalue weighted by Crippen LogP contribution is 2.04. The first-order valence-electron chi connectivity index (χ1n) is 5.95. The molecule has 2 rings (SSSR count). The molecule has 104 valence electrons. The highest BCUT2D eigenvalue weighted by atomic mass is 127. The van der Waals surface area contributed by atoms with Crippen LogP contribution in [0.25, 0.3) is 0 Å². The summed E-state index contributed by atoms with van der Waals surface area (Å²) in [5, 5.41) is 10.8. The van der Waals surface area contributed by atoms with E-state index >= 15 is 0 Å². The Bertz CT molecular complexity index is 465. The van der Waals surface area contributed by atoms with E-state index < -0.39 is 0 Å². The summed E-state index contributed by atoms with van der Waals surface area (Å²) in [6.45, 7) is 2.61. The van der Waals surface area contributed by atoms with Crippen LogP contribution in [0.2, 0.25) is 0 Å². The van der Waals surface area contributed by atoms with Crippen LogP contribution in [0.1, 0.15) is 5.56 Å². The summed E-state index contributed by atoms with van der Waals surface area (Å²) in [7, 11) is 1.79. The van der Waals surface area contributed by atoms with Crippen LogP contribution in [-0.2, 0) is 13.1 Å². The molecule has 0 spiro atoms. The van der Waals surface area contributed by atoms with E-state index in [2.05, 4.69) is 49.4 Å². The number of guanidine groups is 1. The van der Waals surface area contributed by atoms with Gasteiger partial charge in [0.25, 0.3) is 0 Å². The zero-order valence-electron chi connectivity index (χ0n) is 10.9. The summed E-state index contributed by atoms with van der Waals surface area (Å²) in [5.74, 6) is 0.841. The molecule has 0 amide bonds. The highest BCUT2D eigenvalue weighted by molar-refractivity contribution is 14.0. The third-order valence-corrected chi connectivity index (χ3v) is 3.32. The van der Waals surface area contributed by atoms with E-state index in [0.717, 1.165) is 25.6 Å². The van der Waals surface area contributed by atoms with E-state index in [9.17, 15) is 0 Å². The second kappa shape index (κ2) is 8.98. The van der Waals surface area contributed by atoms with Crippen molar-refractivity contribution in [3.05, 3.63) is 46.9 Å². The molecule has 2 heterocycles. The van der Waals surface area contributed by atoms with Gasteiger partial charge in [-0.25, -0.2) is 0 Å². The summed E-state index contributed by atoms with van der Waals surface area (Å²) in [4.78, 5) is 4.19. The Morgan fingerprint density at radius 3 is 2.74 bits per heavy atom. The Labute approximate surface area is 135 Å². The average molecular weight is 390 g/mol. The van der Waals surface area contributed by atoms with Gasteiger partial charge >= 0.3 is 0 Å². The number of aromatic nitrogens is 1. The minimum atomic E-state index is 0. The van der Waals surface area contributed by atoms with Gasteiger partial charge in [-0.05, 0) is 34.5 Å². The van der Waals surface area contributed by atoms with Crippen LogP contribution in [0, 0.1) is 0 Å². The molecule has 0 aliphatic rings. The maximum Gasteiger partial charge on any atom is 0.191 e. The van der Waals surface area contributed by atoms with Gasteiger partial charge in [-0.15, -0.1) is 24.0 Å². The van der Waals surface area contributed by atoms with Crippen molar-refractivity contribution in [1.29, 1.82) is 0 Å². The van der Waals surface area contributed by atoms with Crippen LogP contribution in [0.15, 0.2) is 46.3 Å². The Morgan fingerprint density at radius 1 is 1.32 bits per heavy atom. The van der Waals surface area contributed by atoms with Gasteiger partial charge in [-0.3, -0.25) is 4.99 Å². The number of halogens is 1. The van der Waals surface area contributed by atoms with Crippen LogP contribution in [-0.4, -0.2) is 24.1 Å². The number of rotatable bonds is 5.